The number of nitrogens with one attached hydrogen (secondary N) is 2. The van der Waals surface area contributed by atoms with E-state index in [4.69, 9.17) is 4.74 Å². The van der Waals surface area contributed by atoms with Crippen molar-refractivity contribution in [2.75, 3.05) is 7.11 Å². The Bertz CT molecular complexity index is 856. The number of allylic oxidation sites excluding steroid dienone is 1. The minimum atomic E-state index is -3.61. The van der Waals surface area contributed by atoms with Gasteiger partial charge in [0.25, 0.3) is 10.0 Å². The third kappa shape index (κ3) is 3.23. The van der Waals surface area contributed by atoms with Gasteiger partial charge in [0.05, 0.1) is 17.7 Å². The van der Waals surface area contributed by atoms with Crippen molar-refractivity contribution < 1.29 is 13.2 Å². The molecular formula is C17H18N2O3S. The van der Waals surface area contributed by atoms with E-state index in [-0.39, 0.29) is 4.90 Å². The molecule has 23 heavy (non-hydrogen) atoms. The molecule has 0 saturated carbocycles. The van der Waals surface area contributed by atoms with Crippen LogP contribution in [0.3, 0.4) is 0 Å². The number of hydrazine groups is 1. The molecule has 0 atom stereocenters. The first-order valence-corrected chi connectivity index (χ1v) is 8.70. The van der Waals surface area contributed by atoms with Crippen molar-refractivity contribution in [2.45, 2.75) is 18.2 Å². The molecule has 120 valence electrons. The summed E-state index contributed by atoms with van der Waals surface area (Å²) in [6.45, 7) is 1.91. The average molecular weight is 330 g/mol. The van der Waals surface area contributed by atoms with Gasteiger partial charge >= 0.3 is 0 Å². The number of sulfonamides is 1. The summed E-state index contributed by atoms with van der Waals surface area (Å²) in [6.07, 6.45) is 2.68. The summed E-state index contributed by atoms with van der Waals surface area (Å²) < 4.78 is 29.8. The number of ether oxygens (including phenoxy) is 1. The highest BCUT2D eigenvalue weighted by Crippen LogP contribution is 2.28. The number of hydrogen-bond acceptors (Lipinski definition) is 4. The minimum Gasteiger partial charge on any atom is -0.497 e. The Morgan fingerprint density at radius 2 is 1.83 bits per heavy atom. The van der Waals surface area contributed by atoms with Crippen LogP contribution in [0, 0.1) is 6.92 Å². The van der Waals surface area contributed by atoms with E-state index in [0.717, 1.165) is 34.6 Å². The quantitative estimate of drug-likeness (QED) is 0.826. The van der Waals surface area contributed by atoms with Gasteiger partial charge in [-0.2, -0.15) is 0 Å². The van der Waals surface area contributed by atoms with E-state index >= 15 is 0 Å². The fourth-order valence-electron chi connectivity index (χ4n) is 2.47. The topological polar surface area (TPSA) is 67.4 Å². The van der Waals surface area contributed by atoms with Crippen molar-refractivity contribution in [3.05, 3.63) is 65.2 Å². The fourth-order valence-corrected chi connectivity index (χ4v) is 3.32. The summed E-state index contributed by atoms with van der Waals surface area (Å²) in [4.78, 5) is 2.65. The van der Waals surface area contributed by atoms with Crippen LogP contribution in [-0.2, 0) is 16.4 Å². The summed E-state index contributed by atoms with van der Waals surface area (Å²) in [5, 5.41) is 0. The van der Waals surface area contributed by atoms with Gasteiger partial charge in [-0.15, -0.1) is 4.83 Å². The first-order chi connectivity index (χ1) is 11.0. The van der Waals surface area contributed by atoms with Gasteiger partial charge in [-0.3, -0.25) is 0 Å². The molecule has 0 aliphatic heterocycles. The highest BCUT2D eigenvalue weighted by Gasteiger charge is 2.18. The van der Waals surface area contributed by atoms with Gasteiger partial charge in [0.15, 0.2) is 0 Å². The third-order valence-electron chi connectivity index (χ3n) is 3.78. The van der Waals surface area contributed by atoms with Crippen LogP contribution in [0.4, 0.5) is 0 Å². The zero-order chi connectivity index (χ0) is 16.4. The number of hydrogen-bond donors (Lipinski definition) is 2. The van der Waals surface area contributed by atoms with Crippen LogP contribution in [-0.4, -0.2) is 15.5 Å². The van der Waals surface area contributed by atoms with Gasteiger partial charge in [0.1, 0.15) is 5.75 Å². The molecular weight excluding hydrogens is 312 g/mol. The minimum absolute atomic E-state index is 0.226. The maximum Gasteiger partial charge on any atom is 0.257 e. The maximum atomic E-state index is 12.3. The molecule has 0 heterocycles. The molecule has 6 heteroatoms. The summed E-state index contributed by atoms with van der Waals surface area (Å²) in [7, 11) is -1.98. The van der Waals surface area contributed by atoms with Gasteiger partial charge in [-0.25, -0.2) is 8.42 Å². The van der Waals surface area contributed by atoms with Gasteiger partial charge in [0, 0.05) is 5.56 Å². The average Bonchev–Trinajstić information content (AvgIpc) is 2.95. The molecule has 2 N–H and O–H groups in total. The number of rotatable bonds is 5. The summed E-state index contributed by atoms with van der Waals surface area (Å²) in [6, 6.07) is 12.4. The van der Waals surface area contributed by atoms with E-state index in [2.05, 4.69) is 10.3 Å². The predicted molar refractivity (Wildman–Crippen MR) is 89.3 cm³/mol. The van der Waals surface area contributed by atoms with Crippen molar-refractivity contribution in [2.24, 2.45) is 0 Å². The van der Waals surface area contributed by atoms with E-state index in [1.54, 1.807) is 31.4 Å². The second-order valence-corrected chi connectivity index (χ2v) is 7.07. The molecule has 0 fully saturated rings. The van der Waals surface area contributed by atoms with E-state index in [9.17, 15) is 8.42 Å². The van der Waals surface area contributed by atoms with E-state index in [0.29, 0.717) is 0 Å². The SMILES string of the molecule is COc1ccc2c(c1)CC=C2NNS(=O)(=O)c1ccc(C)cc1. The van der Waals surface area contributed by atoms with E-state index in [1.807, 2.05) is 31.2 Å². The van der Waals surface area contributed by atoms with Crippen LogP contribution in [0.15, 0.2) is 53.4 Å². The molecule has 2 aromatic rings. The monoisotopic (exact) mass is 330 g/mol. The lowest BCUT2D eigenvalue weighted by Gasteiger charge is -2.12. The molecule has 0 bridgehead atoms. The van der Waals surface area contributed by atoms with Crippen molar-refractivity contribution in [1.29, 1.82) is 0 Å². The highest BCUT2D eigenvalue weighted by atomic mass is 32.2. The third-order valence-corrected chi connectivity index (χ3v) is 5.04. The lowest BCUT2D eigenvalue weighted by Crippen LogP contribution is -2.35. The lowest BCUT2D eigenvalue weighted by atomic mass is 10.1. The summed E-state index contributed by atoms with van der Waals surface area (Å²) in [5.74, 6) is 0.790. The normalized spacial score (nSPS) is 13.4. The van der Waals surface area contributed by atoms with E-state index < -0.39 is 10.0 Å². The number of benzene rings is 2. The lowest BCUT2D eigenvalue weighted by molar-refractivity contribution is 0.414. The molecule has 1 aliphatic rings. The highest BCUT2D eigenvalue weighted by molar-refractivity contribution is 7.89. The molecule has 0 saturated heterocycles. The smallest absolute Gasteiger partial charge is 0.257 e. The van der Waals surface area contributed by atoms with Crippen LogP contribution in [0.5, 0.6) is 5.75 Å². The zero-order valence-corrected chi connectivity index (χ0v) is 13.8. The van der Waals surface area contributed by atoms with Crippen LogP contribution in [0.1, 0.15) is 16.7 Å². The van der Waals surface area contributed by atoms with Gasteiger partial charge in [-0.1, -0.05) is 23.8 Å². The zero-order valence-electron chi connectivity index (χ0n) is 13.0. The van der Waals surface area contributed by atoms with Gasteiger partial charge in [0.2, 0.25) is 0 Å². The van der Waals surface area contributed by atoms with Crippen LogP contribution >= 0.6 is 0 Å². The van der Waals surface area contributed by atoms with Crippen LogP contribution in [0.25, 0.3) is 5.70 Å². The molecule has 2 aromatic carbocycles. The van der Waals surface area contributed by atoms with Gasteiger partial charge < -0.3 is 10.2 Å². The Labute approximate surface area is 136 Å². The molecule has 0 spiro atoms. The second kappa shape index (κ2) is 6.06. The van der Waals surface area contributed by atoms with E-state index in [1.165, 1.54) is 0 Å². The first-order valence-electron chi connectivity index (χ1n) is 7.21. The summed E-state index contributed by atoms with van der Waals surface area (Å²) in [5.41, 5.74) is 6.64. The molecule has 0 unspecified atom stereocenters. The van der Waals surface area contributed by atoms with Gasteiger partial charge in [-0.05, 0) is 49.2 Å². The van der Waals surface area contributed by atoms with Crippen molar-refractivity contribution >= 4 is 15.7 Å². The first kappa shape index (κ1) is 15.6. The molecule has 3 rings (SSSR count). The number of methoxy groups -OCH3 is 1. The Morgan fingerprint density at radius 1 is 1.09 bits per heavy atom. The molecule has 0 radical (unpaired) electrons. The van der Waals surface area contributed by atoms with Crippen molar-refractivity contribution in [3.63, 3.8) is 0 Å². The maximum absolute atomic E-state index is 12.3. The van der Waals surface area contributed by atoms with Crippen molar-refractivity contribution in [3.8, 4) is 5.75 Å². The standard InChI is InChI=1S/C17H18N2O3S/c1-12-3-7-15(8-4-12)23(20,21)19-18-17-10-5-13-11-14(22-2)6-9-16(13)17/h3-4,6-11,18-19H,5H2,1-2H3. The van der Waals surface area contributed by atoms with Crippen LogP contribution in [0.2, 0.25) is 0 Å². The Balaban J connectivity index is 1.74. The molecule has 0 aromatic heterocycles. The Morgan fingerprint density at radius 3 is 2.52 bits per heavy atom. The Hall–Kier alpha value is -2.31. The van der Waals surface area contributed by atoms with Crippen LogP contribution < -0.4 is 15.0 Å². The molecule has 5 nitrogen and oxygen atoms in total. The molecule has 0 amide bonds. The number of fused-ring (bicyclic) bond motifs is 1. The fraction of sp³-hybridized carbons (Fsp3) is 0.176. The second-order valence-electron chi connectivity index (χ2n) is 5.39. The number of aryl methyl sites for hydroxylation is 1. The largest absolute Gasteiger partial charge is 0.497 e. The molecule has 1 aliphatic carbocycles. The van der Waals surface area contributed by atoms with Crippen molar-refractivity contribution in [1.82, 2.24) is 10.3 Å². The predicted octanol–water partition coefficient (Wildman–Crippen LogP) is 2.38. The Kier molecular flexibility index (Phi) is 4.11. The summed E-state index contributed by atoms with van der Waals surface area (Å²) >= 11 is 0.